The Morgan fingerprint density at radius 3 is 2.55 bits per heavy atom. The zero-order valence-electron chi connectivity index (χ0n) is 12.6. The Kier molecular flexibility index (Phi) is 5.18. The lowest BCUT2D eigenvalue weighted by Gasteiger charge is -2.28. The predicted molar refractivity (Wildman–Crippen MR) is 82.2 cm³/mol. The lowest BCUT2D eigenvalue weighted by molar-refractivity contribution is -0.126. The predicted octanol–water partition coefficient (Wildman–Crippen LogP) is 2.94. The van der Waals surface area contributed by atoms with E-state index in [1.807, 2.05) is 12.1 Å². The highest BCUT2D eigenvalue weighted by atomic mass is 16.1. The zero-order chi connectivity index (χ0) is 14.5. The Balaban J connectivity index is 1.90. The second kappa shape index (κ2) is 6.89. The first-order chi connectivity index (χ1) is 9.61. The van der Waals surface area contributed by atoms with E-state index in [1.165, 1.54) is 11.1 Å². The Hall–Kier alpha value is -1.35. The minimum Gasteiger partial charge on any atom is -0.349 e. The Bertz CT molecular complexity index is 450. The van der Waals surface area contributed by atoms with Gasteiger partial charge in [0.1, 0.15) is 0 Å². The first-order valence-corrected chi connectivity index (χ1v) is 7.67. The van der Waals surface area contributed by atoms with E-state index < -0.39 is 0 Å². The van der Waals surface area contributed by atoms with Crippen LogP contribution in [0.4, 0.5) is 0 Å². The van der Waals surface area contributed by atoms with E-state index in [9.17, 15) is 4.79 Å². The van der Waals surface area contributed by atoms with Crippen LogP contribution in [0.1, 0.15) is 49.8 Å². The number of nitrogens with two attached hydrogens (primary N) is 1. The molecule has 0 spiro atoms. The van der Waals surface area contributed by atoms with Crippen LogP contribution < -0.4 is 11.1 Å². The van der Waals surface area contributed by atoms with Crippen molar-refractivity contribution in [1.29, 1.82) is 0 Å². The van der Waals surface area contributed by atoms with Crippen molar-refractivity contribution >= 4 is 5.91 Å². The van der Waals surface area contributed by atoms with Gasteiger partial charge in [0.15, 0.2) is 0 Å². The van der Waals surface area contributed by atoms with Crippen molar-refractivity contribution < 1.29 is 4.79 Å². The third kappa shape index (κ3) is 3.60. The summed E-state index contributed by atoms with van der Waals surface area (Å²) < 4.78 is 0. The highest BCUT2D eigenvalue weighted by molar-refractivity contribution is 5.79. The van der Waals surface area contributed by atoms with Crippen molar-refractivity contribution in [2.24, 2.45) is 17.6 Å². The SMILES string of the molecule is Cc1ccccc1[C@H](C)NC(=O)C1CCC(CN)CC1. The lowest BCUT2D eigenvalue weighted by atomic mass is 9.81. The molecule has 0 heterocycles. The smallest absolute Gasteiger partial charge is 0.223 e. The molecule has 110 valence electrons. The van der Waals surface area contributed by atoms with Gasteiger partial charge in [-0.05, 0) is 63.1 Å². The van der Waals surface area contributed by atoms with Gasteiger partial charge in [-0.1, -0.05) is 24.3 Å². The molecule has 20 heavy (non-hydrogen) atoms. The topological polar surface area (TPSA) is 55.1 Å². The molecule has 2 rings (SSSR count). The minimum absolute atomic E-state index is 0.0796. The summed E-state index contributed by atoms with van der Waals surface area (Å²) in [6.45, 7) is 4.91. The summed E-state index contributed by atoms with van der Waals surface area (Å²) in [7, 11) is 0. The van der Waals surface area contributed by atoms with Crippen LogP contribution in [-0.4, -0.2) is 12.5 Å². The fourth-order valence-corrected chi connectivity index (χ4v) is 3.14. The summed E-state index contributed by atoms with van der Waals surface area (Å²) in [6, 6.07) is 8.31. The van der Waals surface area contributed by atoms with Gasteiger partial charge < -0.3 is 11.1 Å². The van der Waals surface area contributed by atoms with E-state index in [1.54, 1.807) is 0 Å². The fraction of sp³-hybridized carbons (Fsp3) is 0.588. The van der Waals surface area contributed by atoms with Crippen molar-refractivity contribution in [2.75, 3.05) is 6.54 Å². The van der Waals surface area contributed by atoms with Crippen molar-refractivity contribution in [3.8, 4) is 0 Å². The summed E-state index contributed by atoms with van der Waals surface area (Å²) in [4.78, 5) is 12.3. The molecule has 0 radical (unpaired) electrons. The lowest BCUT2D eigenvalue weighted by Crippen LogP contribution is -2.35. The molecule has 1 amide bonds. The largest absolute Gasteiger partial charge is 0.349 e. The molecular weight excluding hydrogens is 248 g/mol. The second-order valence-electron chi connectivity index (χ2n) is 6.04. The maximum Gasteiger partial charge on any atom is 0.223 e. The molecule has 0 aliphatic heterocycles. The van der Waals surface area contributed by atoms with Gasteiger partial charge >= 0.3 is 0 Å². The Morgan fingerprint density at radius 1 is 1.30 bits per heavy atom. The molecule has 1 aliphatic rings. The molecule has 3 N–H and O–H groups in total. The summed E-state index contributed by atoms with van der Waals surface area (Å²) in [5.74, 6) is 0.994. The van der Waals surface area contributed by atoms with Crippen molar-refractivity contribution in [3.63, 3.8) is 0 Å². The van der Waals surface area contributed by atoms with Gasteiger partial charge in [0, 0.05) is 5.92 Å². The van der Waals surface area contributed by atoms with E-state index >= 15 is 0 Å². The van der Waals surface area contributed by atoms with E-state index in [4.69, 9.17) is 5.73 Å². The number of rotatable bonds is 4. The maximum absolute atomic E-state index is 12.3. The normalized spacial score (nSPS) is 24.1. The average Bonchev–Trinajstić information content (AvgIpc) is 2.47. The standard InChI is InChI=1S/C17H26N2O/c1-12-5-3-4-6-16(12)13(2)19-17(20)15-9-7-14(11-18)8-10-15/h3-6,13-15H,7-11,18H2,1-2H3,(H,19,20)/t13-,14?,15?/m0/s1. The molecule has 1 aromatic rings. The molecule has 1 aromatic carbocycles. The third-order valence-corrected chi connectivity index (χ3v) is 4.56. The molecule has 1 fully saturated rings. The molecule has 1 aliphatic carbocycles. The monoisotopic (exact) mass is 274 g/mol. The zero-order valence-corrected chi connectivity index (χ0v) is 12.6. The molecule has 3 nitrogen and oxygen atoms in total. The fourth-order valence-electron chi connectivity index (χ4n) is 3.14. The van der Waals surface area contributed by atoms with Gasteiger partial charge in [0.05, 0.1) is 6.04 Å². The number of amides is 1. The van der Waals surface area contributed by atoms with Crippen LogP contribution in [0.5, 0.6) is 0 Å². The van der Waals surface area contributed by atoms with Crippen LogP contribution >= 0.6 is 0 Å². The highest BCUT2D eigenvalue weighted by Gasteiger charge is 2.26. The summed E-state index contributed by atoms with van der Waals surface area (Å²) in [6.07, 6.45) is 4.14. The third-order valence-electron chi connectivity index (χ3n) is 4.56. The quantitative estimate of drug-likeness (QED) is 0.887. The molecule has 0 unspecified atom stereocenters. The number of carbonyl (C=O) groups is 1. The number of nitrogens with one attached hydrogen (secondary N) is 1. The van der Waals surface area contributed by atoms with Crippen molar-refractivity contribution in [2.45, 2.75) is 45.6 Å². The number of aryl methyl sites for hydroxylation is 1. The van der Waals surface area contributed by atoms with Crippen LogP contribution in [0.2, 0.25) is 0 Å². The second-order valence-corrected chi connectivity index (χ2v) is 6.04. The van der Waals surface area contributed by atoms with Crippen molar-refractivity contribution in [3.05, 3.63) is 35.4 Å². The summed E-state index contributed by atoms with van der Waals surface area (Å²) >= 11 is 0. The Labute approximate surface area is 121 Å². The highest BCUT2D eigenvalue weighted by Crippen LogP contribution is 2.29. The van der Waals surface area contributed by atoms with Crippen LogP contribution in [0, 0.1) is 18.8 Å². The maximum atomic E-state index is 12.3. The van der Waals surface area contributed by atoms with Gasteiger partial charge in [-0.2, -0.15) is 0 Å². The van der Waals surface area contributed by atoms with Gasteiger partial charge in [-0.25, -0.2) is 0 Å². The van der Waals surface area contributed by atoms with Gasteiger partial charge in [-0.3, -0.25) is 4.79 Å². The van der Waals surface area contributed by atoms with Gasteiger partial charge in [0.25, 0.3) is 0 Å². The van der Waals surface area contributed by atoms with E-state index in [0.717, 1.165) is 32.2 Å². The summed E-state index contributed by atoms with van der Waals surface area (Å²) in [5, 5.41) is 3.17. The van der Waals surface area contributed by atoms with Gasteiger partial charge in [0.2, 0.25) is 5.91 Å². The number of hydrogen-bond donors (Lipinski definition) is 2. The molecule has 0 bridgehead atoms. The van der Waals surface area contributed by atoms with Crippen LogP contribution in [0.15, 0.2) is 24.3 Å². The molecule has 0 saturated heterocycles. The van der Waals surface area contributed by atoms with Crippen LogP contribution in [-0.2, 0) is 4.79 Å². The molecular formula is C17H26N2O. The van der Waals surface area contributed by atoms with Crippen molar-refractivity contribution in [1.82, 2.24) is 5.32 Å². The first kappa shape index (κ1) is 15.0. The minimum atomic E-state index is 0.0796. The summed E-state index contributed by atoms with van der Waals surface area (Å²) in [5.41, 5.74) is 8.13. The van der Waals surface area contributed by atoms with Crippen LogP contribution in [0.25, 0.3) is 0 Å². The van der Waals surface area contributed by atoms with E-state index in [-0.39, 0.29) is 17.9 Å². The number of benzene rings is 1. The molecule has 1 saturated carbocycles. The van der Waals surface area contributed by atoms with E-state index in [0.29, 0.717) is 5.92 Å². The Morgan fingerprint density at radius 2 is 1.95 bits per heavy atom. The molecule has 0 aromatic heterocycles. The number of carbonyl (C=O) groups excluding carboxylic acids is 1. The average molecular weight is 274 g/mol. The number of hydrogen-bond acceptors (Lipinski definition) is 2. The first-order valence-electron chi connectivity index (χ1n) is 7.67. The van der Waals surface area contributed by atoms with Crippen LogP contribution in [0.3, 0.4) is 0 Å². The van der Waals surface area contributed by atoms with Gasteiger partial charge in [-0.15, -0.1) is 0 Å². The van der Waals surface area contributed by atoms with E-state index in [2.05, 4.69) is 31.3 Å². The molecule has 3 heteroatoms. The molecule has 1 atom stereocenters.